The molecule has 0 atom stereocenters. The SMILES string of the molecule is C=O.CNc1ccc(N(C)C)cc1. The minimum absolute atomic E-state index is 1.15. The van der Waals surface area contributed by atoms with Gasteiger partial charge in [-0.3, -0.25) is 0 Å². The van der Waals surface area contributed by atoms with Gasteiger partial charge in [0.15, 0.2) is 0 Å². The highest BCUT2D eigenvalue weighted by Crippen LogP contribution is 2.14. The Morgan fingerprint density at radius 3 is 1.92 bits per heavy atom. The van der Waals surface area contributed by atoms with Crippen LogP contribution in [0.2, 0.25) is 0 Å². The van der Waals surface area contributed by atoms with E-state index in [1.54, 1.807) is 0 Å². The highest BCUT2D eigenvalue weighted by atomic mass is 16.1. The van der Waals surface area contributed by atoms with Gasteiger partial charge in [-0.15, -0.1) is 0 Å². The molecule has 0 aliphatic heterocycles. The Bertz CT molecular complexity index is 231. The number of nitrogens with zero attached hydrogens (tertiary/aromatic N) is 1. The number of carbonyl (C=O) groups excluding carboxylic acids is 1. The lowest BCUT2D eigenvalue weighted by molar-refractivity contribution is -0.0979. The summed E-state index contributed by atoms with van der Waals surface area (Å²) in [6, 6.07) is 8.31. The van der Waals surface area contributed by atoms with Gasteiger partial charge in [-0.1, -0.05) is 0 Å². The standard InChI is InChI=1S/C9H14N2.CH2O/c1-10-8-4-6-9(7-5-8)11(2)3;1-2/h4-7,10H,1-3H3;1H2. The van der Waals surface area contributed by atoms with E-state index < -0.39 is 0 Å². The van der Waals surface area contributed by atoms with Crippen molar-refractivity contribution in [3.05, 3.63) is 24.3 Å². The van der Waals surface area contributed by atoms with Crippen LogP contribution in [0, 0.1) is 0 Å². The molecule has 0 saturated carbocycles. The van der Waals surface area contributed by atoms with E-state index in [1.165, 1.54) is 5.69 Å². The normalized spacial score (nSPS) is 8.23. The number of anilines is 2. The predicted octanol–water partition coefficient (Wildman–Crippen LogP) is 1.61. The molecule has 0 aliphatic rings. The maximum atomic E-state index is 8.00. The van der Waals surface area contributed by atoms with E-state index in [2.05, 4.69) is 34.5 Å². The van der Waals surface area contributed by atoms with Crippen LogP contribution in [-0.2, 0) is 4.79 Å². The fourth-order valence-corrected chi connectivity index (χ4v) is 0.926. The summed E-state index contributed by atoms with van der Waals surface area (Å²) in [6.45, 7) is 2.00. The second-order valence-corrected chi connectivity index (χ2v) is 2.69. The topological polar surface area (TPSA) is 32.3 Å². The molecule has 0 fully saturated rings. The smallest absolute Gasteiger partial charge is 0.106 e. The lowest BCUT2D eigenvalue weighted by atomic mass is 10.3. The summed E-state index contributed by atoms with van der Waals surface area (Å²) in [4.78, 5) is 10.1. The number of hydrogen-bond acceptors (Lipinski definition) is 3. The highest BCUT2D eigenvalue weighted by molar-refractivity contribution is 5.53. The van der Waals surface area contributed by atoms with Gasteiger partial charge >= 0.3 is 0 Å². The zero-order valence-electron chi connectivity index (χ0n) is 8.37. The van der Waals surface area contributed by atoms with E-state index in [0.717, 1.165) is 5.69 Å². The van der Waals surface area contributed by atoms with Crippen LogP contribution in [0.5, 0.6) is 0 Å². The van der Waals surface area contributed by atoms with Crippen molar-refractivity contribution in [3.63, 3.8) is 0 Å². The van der Waals surface area contributed by atoms with Crippen molar-refractivity contribution < 1.29 is 4.79 Å². The monoisotopic (exact) mass is 180 g/mol. The Morgan fingerprint density at radius 2 is 1.62 bits per heavy atom. The van der Waals surface area contributed by atoms with Crippen molar-refractivity contribution in [1.82, 2.24) is 0 Å². The van der Waals surface area contributed by atoms with Gasteiger partial charge in [0.1, 0.15) is 6.79 Å². The Morgan fingerprint density at radius 1 is 1.15 bits per heavy atom. The number of carbonyl (C=O) groups is 1. The molecular weight excluding hydrogens is 164 g/mol. The third-order valence-electron chi connectivity index (χ3n) is 1.67. The number of benzene rings is 1. The van der Waals surface area contributed by atoms with Crippen LogP contribution in [0.4, 0.5) is 11.4 Å². The van der Waals surface area contributed by atoms with E-state index >= 15 is 0 Å². The maximum Gasteiger partial charge on any atom is 0.106 e. The largest absolute Gasteiger partial charge is 0.388 e. The summed E-state index contributed by atoms with van der Waals surface area (Å²) in [5.74, 6) is 0. The Balaban J connectivity index is 0.000000671. The van der Waals surface area contributed by atoms with Crippen molar-refractivity contribution in [2.75, 3.05) is 31.4 Å². The lowest BCUT2D eigenvalue weighted by Crippen LogP contribution is -2.08. The molecule has 0 spiro atoms. The Hall–Kier alpha value is -1.51. The summed E-state index contributed by atoms with van der Waals surface area (Å²) in [6.07, 6.45) is 0. The van der Waals surface area contributed by atoms with Gasteiger partial charge in [0.25, 0.3) is 0 Å². The predicted molar refractivity (Wildman–Crippen MR) is 57.4 cm³/mol. The van der Waals surface area contributed by atoms with Crippen molar-refractivity contribution in [3.8, 4) is 0 Å². The van der Waals surface area contributed by atoms with Crippen molar-refractivity contribution >= 4 is 18.2 Å². The van der Waals surface area contributed by atoms with Crippen LogP contribution in [0.1, 0.15) is 0 Å². The summed E-state index contributed by atoms with van der Waals surface area (Å²) < 4.78 is 0. The second-order valence-electron chi connectivity index (χ2n) is 2.69. The molecule has 0 aromatic heterocycles. The average molecular weight is 180 g/mol. The van der Waals surface area contributed by atoms with E-state index in [4.69, 9.17) is 4.79 Å². The zero-order valence-corrected chi connectivity index (χ0v) is 8.37. The molecule has 1 aromatic carbocycles. The zero-order chi connectivity index (χ0) is 10.3. The molecule has 0 saturated heterocycles. The van der Waals surface area contributed by atoms with Gasteiger partial charge < -0.3 is 15.0 Å². The summed E-state index contributed by atoms with van der Waals surface area (Å²) in [7, 11) is 5.99. The van der Waals surface area contributed by atoms with Gasteiger partial charge in [0.05, 0.1) is 0 Å². The van der Waals surface area contributed by atoms with Gasteiger partial charge in [0.2, 0.25) is 0 Å². The molecule has 1 aromatic rings. The highest BCUT2D eigenvalue weighted by Gasteiger charge is 1.92. The van der Waals surface area contributed by atoms with E-state index in [1.807, 2.05) is 27.9 Å². The van der Waals surface area contributed by atoms with Crippen molar-refractivity contribution in [1.29, 1.82) is 0 Å². The van der Waals surface area contributed by atoms with Gasteiger partial charge in [0, 0.05) is 32.5 Å². The molecule has 1 N–H and O–H groups in total. The molecule has 1 rings (SSSR count). The average Bonchev–Trinajstić information content (AvgIpc) is 2.21. The second kappa shape index (κ2) is 6.06. The molecular formula is C10H16N2O. The van der Waals surface area contributed by atoms with Crippen LogP contribution in [-0.4, -0.2) is 27.9 Å². The molecule has 0 radical (unpaired) electrons. The maximum absolute atomic E-state index is 8.00. The van der Waals surface area contributed by atoms with E-state index in [-0.39, 0.29) is 0 Å². The number of nitrogens with one attached hydrogen (secondary N) is 1. The number of hydrogen-bond donors (Lipinski definition) is 1. The minimum Gasteiger partial charge on any atom is -0.388 e. The molecule has 0 unspecified atom stereocenters. The summed E-state index contributed by atoms with van der Waals surface area (Å²) >= 11 is 0. The van der Waals surface area contributed by atoms with Gasteiger partial charge in [-0.05, 0) is 24.3 Å². The van der Waals surface area contributed by atoms with E-state index in [9.17, 15) is 0 Å². The number of rotatable bonds is 2. The first-order valence-electron chi connectivity index (χ1n) is 3.98. The summed E-state index contributed by atoms with van der Waals surface area (Å²) in [5, 5.41) is 3.07. The fraction of sp³-hybridized carbons (Fsp3) is 0.300. The van der Waals surface area contributed by atoms with Crippen LogP contribution in [0.15, 0.2) is 24.3 Å². The van der Waals surface area contributed by atoms with Gasteiger partial charge in [-0.2, -0.15) is 0 Å². The minimum atomic E-state index is 1.15. The third-order valence-corrected chi connectivity index (χ3v) is 1.67. The Labute approximate surface area is 79.4 Å². The molecule has 72 valence electrons. The molecule has 0 amide bonds. The third kappa shape index (κ3) is 3.60. The molecule has 0 heterocycles. The molecule has 3 heteroatoms. The molecule has 0 aliphatic carbocycles. The van der Waals surface area contributed by atoms with Crippen LogP contribution in [0.25, 0.3) is 0 Å². The first-order chi connectivity index (χ1) is 6.24. The molecule has 3 nitrogen and oxygen atoms in total. The van der Waals surface area contributed by atoms with Crippen LogP contribution in [0.3, 0.4) is 0 Å². The van der Waals surface area contributed by atoms with Crippen LogP contribution < -0.4 is 10.2 Å². The first-order valence-corrected chi connectivity index (χ1v) is 3.98. The quantitative estimate of drug-likeness (QED) is 0.750. The van der Waals surface area contributed by atoms with Crippen molar-refractivity contribution in [2.45, 2.75) is 0 Å². The molecule has 0 bridgehead atoms. The summed E-state index contributed by atoms with van der Waals surface area (Å²) in [5.41, 5.74) is 2.37. The molecule has 13 heavy (non-hydrogen) atoms. The Kier molecular flexibility index (Phi) is 5.35. The lowest BCUT2D eigenvalue weighted by Gasteiger charge is -2.12. The fourth-order valence-electron chi connectivity index (χ4n) is 0.926. The first kappa shape index (κ1) is 11.5. The van der Waals surface area contributed by atoms with E-state index in [0.29, 0.717) is 0 Å². The van der Waals surface area contributed by atoms with Gasteiger partial charge in [-0.25, -0.2) is 0 Å². The van der Waals surface area contributed by atoms with Crippen LogP contribution >= 0.6 is 0 Å². The van der Waals surface area contributed by atoms with Crippen molar-refractivity contribution in [2.24, 2.45) is 0 Å².